The largest absolute Gasteiger partial charge is 0.481 e. The first-order valence-electron chi connectivity index (χ1n) is 7.85. The zero-order valence-corrected chi connectivity index (χ0v) is 14.5. The van der Waals surface area contributed by atoms with E-state index in [1.54, 1.807) is 43.5 Å². The number of amides is 1. The molecule has 0 saturated carbocycles. The van der Waals surface area contributed by atoms with Crippen LogP contribution in [0.15, 0.2) is 36.5 Å². The van der Waals surface area contributed by atoms with E-state index >= 15 is 0 Å². The zero-order valence-electron chi connectivity index (χ0n) is 13.7. The molecule has 2 unspecified atom stereocenters. The molecule has 1 aliphatic heterocycles. The van der Waals surface area contributed by atoms with Crippen LogP contribution < -0.4 is 10.1 Å². The number of hydrogen-bond donors (Lipinski definition) is 2. The second-order valence-corrected chi connectivity index (χ2v) is 6.24. The van der Waals surface area contributed by atoms with Gasteiger partial charge < -0.3 is 15.2 Å². The molecule has 1 aromatic carbocycles. The van der Waals surface area contributed by atoms with Crippen molar-refractivity contribution < 1.29 is 19.4 Å². The van der Waals surface area contributed by atoms with Crippen LogP contribution in [0.4, 0.5) is 5.69 Å². The molecule has 2 heterocycles. The van der Waals surface area contributed by atoms with Gasteiger partial charge in [0, 0.05) is 22.5 Å². The number of nitrogens with one attached hydrogen (secondary N) is 1. The van der Waals surface area contributed by atoms with Crippen LogP contribution in [0.2, 0.25) is 5.02 Å². The second-order valence-electron chi connectivity index (χ2n) is 5.80. The normalized spacial score (nSPS) is 19.9. The lowest BCUT2D eigenvalue weighted by Crippen LogP contribution is -2.45. The van der Waals surface area contributed by atoms with Crippen LogP contribution >= 0.6 is 11.6 Å². The van der Waals surface area contributed by atoms with Gasteiger partial charge in [0.25, 0.3) is 0 Å². The number of anilines is 1. The molecule has 1 aliphatic rings. The molecule has 25 heavy (non-hydrogen) atoms. The van der Waals surface area contributed by atoms with E-state index in [0.29, 0.717) is 28.4 Å². The molecule has 0 fully saturated rings. The molecule has 0 aliphatic carbocycles. The summed E-state index contributed by atoms with van der Waals surface area (Å²) in [7, 11) is 0. The fraction of sp³-hybridized carbons (Fsp3) is 0.278. The number of aliphatic carboxylic acids is 1. The number of carboxylic acids is 1. The highest BCUT2D eigenvalue weighted by Crippen LogP contribution is 2.50. The minimum absolute atomic E-state index is 0.237. The maximum Gasteiger partial charge on any atom is 0.308 e. The zero-order chi connectivity index (χ0) is 18.2. The number of nitrogens with zero attached hydrogens (tertiary/aromatic N) is 1. The minimum atomic E-state index is -1.48. The van der Waals surface area contributed by atoms with Crippen molar-refractivity contribution in [1.82, 2.24) is 4.98 Å². The minimum Gasteiger partial charge on any atom is -0.481 e. The molecule has 2 aromatic rings. The van der Waals surface area contributed by atoms with Crippen molar-refractivity contribution in [2.45, 2.75) is 19.3 Å². The van der Waals surface area contributed by atoms with E-state index in [0.717, 1.165) is 0 Å². The molecule has 0 spiro atoms. The molecule has 1 aromatic heterocycles. The van der Waals surface area contributed by atoms with Gasteiger partial charge in [-0.2, -0.15) is 0 Å². The summed E-state index contributed by atoms with van der Waals surface area (Å²) in [5.41, 5.74) is -0.0295. The Balaban J connectivity index is 2.37. The first-order valence-corrected chi connectivity index (χ1v) is 8.23. The van der Waals surface area contributed by atoms with E-state index in [1.807, 2.05) is 0 Å². The Morgan fingerprint density at radius 2 is 2.16 bits per heavy atom. The summed E-state index contributed by atoms with van der Waals surface area (Å²) in [5, 5.41) is 12.9. The van der Waals surface area contributed by atoms with Crippen LogP contribution in [0, 0.1) is 5.92 Å². The predicted octanol–water partition coefficient (Wildman–Crippen LogP) is 3.09. The lowest BCUT2D eigenvalue weighted by Gasteiger charge is -2.32. The number of carboxylic acid groups (broad SMARTS) is 1. The van der Waals surface area contributed by atoms with Gasteiger partial charge in [-0.25, -0.2) is 4.98 Å². The highest BCUT2D eigenvalue weighted by atomic mass is 35.5. The molecule has 1 amide bonds. The number of pyridine rings is 1. The fourth-order valence-corrected chi connectivity index (χ4v) is 3.53. The molecule has 6 nitrogen and oxygen atoms in total. The molecule has 7 heteroatoms. The van der Waals surface area contributed by atoms with Gasteiger partial charge >= 0.3 is 5.97 Å². The van der Waals surface area contributed by atoms with E-state index < -0.39 is 23.2 Å². The Morgan fingerprint density at radius 3 is 2.84 bits per heavy atom. The number of aromatic nitrogens is 1. The van der Waals surface area contributed by atoms with Crippen molar-refractivity contribution in [3.8, 4) is 5.88 Å². The number of fused-ring (bicyclic) bond motifs is 1. The maximum absolute atomic E-state index is 13.1. The Hall–Kier alpha value is -2.60. The lowest BCUT2D eigenvalue weighted by molar-refractivity contribution is -0.145. The number of halogens is 1. The van der Waals surface area contributed by atoms with Gasteiger partial charge in [0.05, 0.1) is 12.5 Å². The topological polar surface area (TPSA) is 88.5 Å². The number of benzene rings is 1. The third-order valence-electron chi connectivity index (χ3n) is 4.51. The smallest absolute Gasteiger partial charge is 0.308 e. The van der Waals surface area contributed by atoms with Gasteiger partial charge in [0.2, 0.25) is 11.8 Å². The van der Waals surface area contributed by atoms with Crippen LogP contribution in [0.3, 0.4) is 0 Å². The summed E-state index contributed by atoms with van der Waals surface area (Å²) in [6, 6.07) is 8.27. The molecule has 0 radical (unpaired) electrons. The van der Waals surface area contributed by atoms with Gasteiger partial charge in [-0.1, -0.05) is 24.6 Å². The predicted molar refractivity (Wildman–Crippen MR) is 93.1 cm³/mol. The number of ether oxygens (including phenoxy) is 1. The van der Waals surface area contributed by atoms with Crippen molar-refractivity contribution >= 4 is 29.2 Å². The van der Waals surface area contributed by atoms with Gasteiger partial charge in [-0.3, -0.25) is 9.59 Å². The molecular weight excluding hydrogens is 344 g/mol. The molecule has 130 valence electrons. The second kappa shape index (κ2) is 6.37. The summed E-state index contributed by atoms with van der Waals surface area (Å²) >= 11 is 6.14. The standard InChI is InChI=1S/C18H17ClN2O4/c1-3-25-15-12(5-4-8-20-15)18(10(2)16(22)23)13-9-11(19)6-7-14(13)21-17(18)24/h4-10H,3H2,1-2H3,(H,21,24)(H,22,23). The Labute approximate surface area is 149 Å². The van der Waals surface area contributed by atoms with E-state index in [1.165, 1.54) is 6.92 Å². The average Bonchev–Trinajstić information content (AvgIpc) is 2.87. The summed E-state index contributed by atoms with van der Waals surface area (Å²) in [5.74, 6) is -2.36. The summed E-state index contributed by atoms with van der Waals surface area (Å²) < 4.78 is 5.58. The van der Waals surface area contributed by atoms with Crippen molar-refractivity contribution in [2.24, 2.45) is 5.92 Å². The SMILES string of the molecule is CCOc1ncccc1C1(C(C)C(=O)O)C(=O)Nc2ccc(Cl)cc21. The lowest BCUT2D eigenvalue weighted by atomic mass is 9.67. The number of carbonyl (C=O) groups excluding carboxylic acids is 1. The van der Waals surface area contributed by atoms with Crippen LogP contribution in [-0.2, 0) is 15.0 Å². The van der Waals surface area contributed by atoms with Crippen LogP contribution in [0.1, 0.15) is 25.0 Å². The number of rotatable bonds is 5. The van der Waals surface area contributed by atoms with Crippen molar-refractivity contribution in [3.63, 3.8) is 0 Å². The summed E-state index contributed by atoms with van der Waals surface area (Å²) in [6.45, 7) is 3.64. The Morgan fingerprint density at radius 1 is 1.40 bits per heavy atom. The molecular formula is C18H17ClN2O4. The highest BCUT2D eigenvalue weighted by molar-refractivity contribution is 6.31. The van der Waals surface area contributed by atoms with Crippen molar-refractivity contribution in [2.75, 3.05) is 11.9 Å². The fourth-order valence-electron chi connectivity index (χ4n) is 3.35. The van der Waals surface area contributed by atoms with Gasteiger partial charge in [0.1, 0.15) is 5.41 Å². The average molecular weight is 361 g/mol. The molecule has 0 saturated heterocycles. The number of carbonyl (C=O) groups is 2. The van der Waals surface area contributed by atoms with Gasteiger partial charge in [0.15, 0.2) is 0 Å². The quantitative estimate of drug-likeness (QED) is 0.855. The molecule has 2 atom stereocenters. The third kappa shape index (κ3) is 2.53. The van der Waals surface area contributed by atoms with E-state index in [4.69, 9.17) is 16.3 Å². The highest BCUT2D eigenvalue weighted by Gasteiger charge is 2.56. The summed E-state index contributed by atoms with van der Waals surface area (Å²) in [4.78, 5) is 29.2. The first-order chi connectivity index (χ1) is 11.9. The van der Waals surface area contributed by atoms with E-state index in [9.17, 15) is 14.7 Å². The van der Waals surface area contributed by atoms with Crippen molar-refractivity contribution in [3.05, 3.63) is 52.7 Å². The Bertz CT molecular complexity index is 855. The third-order valence-corrected chi connectivity index (χ3v) is 4.74. The van der Waals surface area contributed by atoms with Crippen LogP contribution in [-0.4, -0.2) is 28.6 Å². The van der Waals surface area contributed by atoms with Crippen LogP contribution in [0.25, 0.3) is 0 Å². The van der Waals surface area contributed by atoms with E-state index in [2.05, 4.69) is 10.3 Å². The number of hydrogen-bond acceptors (Lipinski definition) is 4. The first kappa shape index (κ1) is 17.2. The Kier molecular flexibility index (Phi) is 4.39. The van der Waals surface area contributed by atoms with Gasteiger partial charge in [-0.05, 0) is 36.8 Å². The summed E-state index contributed by atoms with van der Waals surface area (Å²) in [6.07, 6.45) is 1.54. The van der Waals surface area contributed by atoms with Crippen LogP contribution in [0.5, 0.6) is 5.88 Å². The molecule has 3 rings (SSSR count). The molecule has 2 N–H and O–H groups in total. The van der Waals surface area contributed by atoms with E-state index in [-0.39, 0.29) is 5.88 Å². The van der Waals surface area contributed by atoms with Crippen molar-refractivity contribution in [1.29, 1.82) is 0 Å². The van der Waals surface area contributed by atoms with Gasteiger partial charge in [-0.15, -0.1) is 0 Å². The molecule has 0 bridgehead atoms. The monoisotopic (exact) mass is 360 g/mol. The maximum atomic E-state index is 13.1.